The van der Waals surface area contributed by atoms with Crippen LogP contribution in [-0.4, -0.2) is 58.2 Å². The number of rotatable bonds is 10. The van der Waals surface area contributed by atoms with Crippen LogP contribution in [0.5, 0.6) is 0 Å². The topological polar surface area (TPSA) is 70.7 Å². The smallest absolute Gasteiger partial charge is 0.167 e. The van der Waals surface area contributed by atoms with E-state index < -0.39 is 17.8 Å². The van der Waals surface area contributed by atoms with Crippen LogP contribution in [0.2, 0.25) is 0 Å². The summed E-state index contributed by atoms with van der Waals surface area (Å²) in [7, 11) is 0. The Hall–Kier alpha value is -3.53. The van der Waals surface area contributed by atoms with E-state index in [-0.39, 0.29) is 35.4 Å². The van der Waals surface area contributed by atoms with Crippen molar-refractivity contribution in [2.24, 2.45) is 15.9 Å². The molecule has 3 heterocycles. The minimum atomic E-state index is -1.06. The first kappa shape index (κ1) is 28.5. The Balaban J connectivity index is 1.52. The number of aliphatic imine (C=N–C) groups is 2. The highest BCUT2D eigenvalue weighted by Gasteiger charge is 2.27. The molecule has 1 aliphatic heterocycles. The normalized spacial score (nSPS) is 16.7. The van der Waals surface area contributed by atoms with Crippen LogP contribution in [0.25, 0.3) is 11.0 Å². The number of allylic oxidation sites excluding steroid dienone is 1. The summed E-state index contributed by atoms with van der Waals surface area (Å²) in [6.45, 7) is 14.0. The number of hydrogen-bond donors (Lipinski definition) is 1. The van der Waals surface area contributed by atoms with E-state index >= 15 is 13.2 Å². The average molecular weight is 540 g/mol. The number of hydrogen-bond acceptors (Lipinski definition) is 6. The number of anilines is 1. The number of halogens is 3. The van der Waals surface area contributed by atoms with Gasteiger partial charge in [0.2, 0.25) is 0 Å². The number of nitrogens with one attached hydrogen (secondary N) is 1. The van der Waals surface area contributed by atoms with Gasteiger partial charge in [0.1, 0.15) is 35.7 Å². The lowest BCUT2D eigenvalue weighted by Crippen LogP contribution is -2.34. The third-order valence-corrected chi connectivity index (χ3v) is 7.24. The third-order valence-electron chi connectivity index (χ3n) is 7.24. The van der Waals surface area contributed by atoms with Crippen molar-refractivity contribution >= 4 is 29.3 Å². The molecule has 208 valence electrons. The molecule has 1 unspecified atom stereocenters. The van der Waals surface area contributed by atoms with Gasteiger partial charge in [-0.2, -0.15) is 0 Å². The number of aryl methyl sites for hydroxylation is 1. The Morgan fingerprint density at radius 1 is 1.26 bits per heavy atom. The van der Waals surface area contributed by atoms with Crippen molar-refractivity contribution in [3.05, 3.63) is 65.3 Å². The largest absolute Gasteiger partial charge is 0.351 e. The first-order chi connectivity index (χ1) is 18.7. The molecule has 0 spiro atoms. The van der Waals surface area contributed by atoms with Gasteiger partial charge in [-0.3, -0.25) is 9.98 Å². The highest BCUT2D eigenvalue weighted by molar-refractivity contribution is 6.12. The Morgan fingerprint density at radius 2 is 2.00 bits per heavy atom. The second-order valence-corrected chi connectivity index (χ2v) is 10.1. The molecule has 4 rings (SSSR count). The van der Waals surface area contributed by atoms with Crippen LogP contribution >= 0.6 is 0 Å². The maximum atomic E-state index is 15.1. The van der Waals surface area contributed by atoms with Gasteiger partial charge in [-0.25, -0.2) is 23.1 Å². The summed E-state index contributed by atoms with van der Waals surface area (Å²) in [6, 6.07) is 6.33. The van der Waals surface area contributed by atoms with Gasteiger partial charge < -0.3 is 14.8 Å². The van der Waals surface area contributed by atoms with Gasteiger partial charge in [-0.15, -0.1) is 0 Å². The summed E-state index contributed by atoms with van der Waals surface area (Å²) in [5.41, 5.74) is 1.49. The predicted molar refractivity (Wildman–Crippen MR) is 152 cm³/mol. The Morgan fingerprint density at radius 3 is 2.62 bits per heavy atom. The van der Waals surface area contributed by atoms with Gasteiger partial charge in [0, 0.05) is 23.4 Å². The van der Waals surface area contributed by atoms with Crippen LogP contribution in [0.3, 0.4) is 0 Å². The number of imidazole rings is 1. The van der Waals surface area contributed by atoms with E-state index in [0.717, 1.165) is 38.7 Å². The zero-order valence-corrected chi connectivity index (χ0v) is 23.0. The molecule has 1 atom stereocenters. The number of piperidine rings is 1. The van der Waals surface area contributed by atoms with E-state index in [1.54, 1.807) is 25.1 Å². The monoisotopic (exact) mass is 539 g/mol. The molecule has 0 radical (unpaired) electrons. The van der Waals surface area contributed by atoms with Crippen LogP contribution in [0, 0.1) is 18.7 Å². The van der Waals surface area contributed by atoms with E-state index in [1.165, 1.54) is 12.3 Å². The predicted octanol–water partition coefficient (Wildman–Crippen LogP) is 6.57. The number of aromatic nitrogens is 3. The number of alkyl halides is 1. The molecule has 2 aromatic heterocycles. The molecule has 1 aromatic carbocycles. The highest BCUT2D eigenvalue weighted by Crippen LogP contribution is 2.34. The van der Waals surface area contributed by atoms with Crippen molar-refractivity contribution in [1.82, 2.24) is 19.4 Å². The van der Waals surface area contributed by atoms with E-state index in [0.29, 0.717) is 22.7 Å². The zero-order valence-electron chi connectivity index (χ0n) is 23.0. The van der Waals surface area contributed by atoms with Crippen LogP contribution in [-0.2, 0) is 0 Å². The van der Waals surface area contributed by atoms with Gasteiger partial charge >= 0.3 is 0 Å². The minimum absolute atomic E-state index is 0.0117. The van der Waals surface area contributed by atoms with Crippen molar-refractivity contribution in [3.63, 3.8) is 0 Å². The third kappa shape index (κ3) is 6.38. The standard InChI is InChI=1S/C29H36F3N7/c1-6-38-11-9-20(10-12-38)27(32)21-7-8-26(34-15-21)35-17-36-28(24(31)16-33-5)22-13-23(30)29-25(14-22)39(18(2)3)19(4)37-29/h7-8,13-16,18,20,27H,5-6,9-12,17H2,1-4H3,(H,34,35)/b24-16+,36-28?. The van der Waals surface area contributed by atoms with E-state index in [1.807, 2.05) is 18.4 Å². The fourth-order valence-electron chi connectivity index (χ4n) is 5.21. The van der Waals surface area contributed by atoms with Crippen molar-refractivity contribution < 1.29 is 13.2 Å². The molecule has 1 N–H and O–H groups in total. The number of likely N-dealkylation sites (tertiary alicyclic amines) is 1. The average Bonchev–Trinajstić information content (AvgIpc) is 3.27. The molecule has 3 aromatic rings. The van der Waals surface area contributed by atoms with E-state index in [9.17, 15) is 0 Å². The van der Waals surface area contributed by atoms with Crippen molar-refractivity contribution in [1.29, 1.82) is 0 Å². The summed E-state index contributed by atoms with van der Waals surface area (Å²) in [5.74, 6) is -0.200. The summed E-state index contributed by atoms with van der Waals surface area (Å²) in [4.78, 5) is 18.8. The van der Waals surface area contributed by atoms with Crippen molar-refractivity contribution in [2.75, 3.05) is 31.6 Å². The second kappa shape index (κ2) is 12.5. The van der Waals surface area contributed by atoms with Gasteiger partial charge in [-0.05, 0) is 84.1 Å². The molecule has 0 aliphatic carbocycles. The Kier molecular flexibility index (Phi) is 9.16. The van der Waals surface area contributed by atoms with Gasteiger partial charge in [-0.1, -0.05) is 13.0 Å². The maximum absolute atomic E-state index is 15.1. The molecule has 39 heavy (non-hydrogen) atoms. The molecular weight excluding hydrogens is 503 g/mol. The zero-order chi connectivity index (χ0) is 28.1. The molecule has 10 heteroatoms. The summed E-state index contributed by atoms with van der Waals surface area (Å²) in [6.07, 6.45) is 3.06. The number of benzene rings is 1. The molecule has 0 saturated carbocycles. The highest BCUT2D eigenvalue weighted by atomic mass is 19.1. The number of pyridine rings is 1. The van der Waals surface area contributed by atoms with Crippen LogP contribution in [0.15, 0.2) is 52.5 Å². The quantitative estimate of drug-likeness (QED) is 0.296. The lowest BCUT2D eigenvalue weighted by atomic mass is 9.89. The lowest BCUT2D eigenvalue weighted by molar-refractivity contribution is 0.124. The first-order valence-corrected chi connectivity index (χ1v) is 13.3. The van der Waals surface area contributed by atoms with E-state index in [2.05, 4.69) is 43.8 Å². The first-order valence-electron chi connectivity index (χ1n) is 13.3. The molecule has 0 amide bonds. The molecule has 1 saturated heterocycles. The van der Waals surface area contributed by atoms with Crippen LogP contribution in [0.4, 0.5) is 19.0 Å². The van der Waals surface area contributed by atoms with Gasteiger partial charge in [0.25, 0.3) is 0 Å². The molecule has 7 nitrogen and oxygen atoms in total. The fourth-order valence-corrected chi connectivity index (χ4v) is 5.21. The Bertz CT molecular complexity index is 1350. The van der Waals surface area contributed by atoms with Crippen molar-refractivity contribution in [3.8, 4) is 0 Å². The fraction of sp³-hybridized carbons (Fsp3) is 0.448. The van der Waals surface area contributed by atoms with Crippen LogP contribution in [0.1, 0.15) is 62.8 Å². The number of fused-ring (bicyclic) bond motifs is 1. The minimum Gasteiger partial charge on any atom is -0.351 e. The molecular formula is C29H36F3N7. The van der Waals surface area contributed by atoms with E-state index in [4.69, 9.17) is 0 Å². The lowest BCUT2D eigenvalue weighted by Gasteiger charge is -2.32. The van der Waals surface area contributed by atoms with Crippen molar-refractivity contribution in [2.45, 2.75) is 52.8 Å². The SMILES string of the molecule is C=N/C=C(/F)C(=NCNc1ccc(C(F)C2CCN(CC)CC2)cn1)c1cc(F)c2nc(C)n(C(C)C)c2c1. The maximum Gasteiger partial charge on any atom is 0.167 e. The van der Waals surface area contributed by atoms with Gasteiger partial charge in [0.05, 0.1) is 11.7 Å². The summed E-state index contributed by atoms with van der Waals surface area (Å²) >= 11 is 0. The molecule has 1 fully saturated rings. The van der Waals surface area contributed by atoms with Crippen LogP contribution < -0.4 is 5.32 Å². The number of nitrogens with zero attached hydrogens (tertiary/aromatic N) is 6. The summed E-state index contributed by atoms with van der Waals surface area (Å²) in [5, 5.41) is 3.01. The van der Waals surface area contributed by atoms with Gasteiger partial charge in [0.15, 0.2) is 11.6 Å². The molecule has 0 bridgehead atoms. The summed E-state index contributed by atoms with van der Waals surface area (Å²) < 4.78 is 47.0. The molecule has 1 aliphatic rings. The second-order valence-electron chi connectivity index (χ2n) is 10.1. The Labute approximate surface area is 227 Å².